The Morgan fingerprint density at radius 3 is 1.97 bits per heavy atom. The van der Waals surface area contributed by atoms with Gasteiger partial charge in [0.1, 0.15) is 17.2 Å². The Balaban J connectivity index is 1.81. The van der Waals surface area contributed by atoms with E-state index < -0.39 is 0 Å². The molecule has 30 heavy (non-hydrogen) atoms. The fraction of sp³-hybridized carbons (Fsp3) is 0.240. The SMILES string of the molecule is COc1ccc(CN(CCc2ccccc2OC)C(=O)c2ccc(OC)cc2)cc1. The number of carbonyl (C=O) groups excluding carboxylic acids is 1. The molecular formula is C25H27NO4. The summed E-state index contributed by atoms with van der Waals surface area (Å²) in [6.07, 6.45) is 0.696. The van der Waals surface area contributed by atoms with Gasteiger partial charge in [0.15, 0.2) is 0 Å². The van der Waals surface area contributed by atoms with Crippen LogP contribution in [0.25, 0.3) is 0 Å². The molecule has 3 aromatic carbocycles. The maximum absolute atomic E-state index is 13.3. The third-order valence-electron chi connectivity index (χ3n) is 5.00. The Kier molecular flexibility index (Phi) is 7.33. The van der Waals surface area contributed by atoms with Gasteiger partial charge in [0.25, 0.3) is 5.91 Å². The molecule has 0 aliphatic heterocycles. The molecule has 3 aromatic rings. The normalized spacial score (nSPS) is 10.4. The van der Waals surface area contributed by atoms with Gasteiger partial charge in [-0.2, -0.15) is 0 Å². The Morgan fingerprint density at radius 2 is 1.37 bits per heavy atom. The van der Waals surface area contributed by atoms with E-state index in [0.717, 1.165) is 28.4 Å². The average Bonchev–Trinajstić information content (AvgIpc) is 2.82. The molecule has 0 aliphatic carbocycles. The number of para-hydroxylation sites is 1. The van der Waals surface area contributed by atoms with E-state index >= 15 is 0 Å². The molecular weight excluding hydrogens is 378 g/mol. The van der Waals surface area contributed by atoms with Crippen LogP contribution < -0.4 is 14.2 Å². The summed E-state index contributed by atoms with van der Waals surface area (Å²) in [5.41, 5.74) is 2.74. The molecule has 0 unspecified atom stereocenters. The van der Waals surface area contributed by atoms with Gasteiger partial charge in [0.05, 0.1) is 21.3 Å². The van der Waals surface area contributed by atoms with E-state index in [1.165, 1.54) is 0 Å². The zero-order valence-corrected chi connectivity index (χ0v) is 17.6. The molecule has 0 saturated heterocycles. The Hall–Kier alpha value is -3.47. The molecule has 0 bridgehead atoms. The molecule has 0 heterocycles. The van der Waals surface area contributed by atoms with Crippen molar-refractivity contribution in [2.45, 2.75) is 13.0 Å². The van der Waals surface area contributed by atoms with Crippen LogP contribution in [0.5, 0.6) is 17.2 Å². The second-order valence-electron chi connectivity index (χ2n) is 6.87. The first-order valence-electron chi connectivity index (χ1n) is 9.82. The zero-order chi connectivity index (χ0) is 21.3. The summed E-state index contributed by atoms with van der Waals surface area (Å²) in [5, 5.41) is 0. The first-order chi connectivity index (χ1) is 14.6. The molecule has 0 saturated carbocycles. The number of nitrogens with zero attached hydrogens (tertiary/aromatic N) is 1. The molecule has 0 aliphatic rings. The van der Waals surface area contributed by atoms with Crippen LogP contribution in [0, 0.1) is 0 Å². The zero-order valence-electron chi connectivity index (χ0n) is 17.6. The lowest BCUT2D eigenvalue weighted by Crippen LogP contribution is -2.32. The van der Waals surface area contributed by atoms with Gasteiger partial charge in [0, 0.05) is 18.7 Å². The van der Waals surface area contributed by atoms with Crippen molar-refractivity contribution in [3.8, 4) is 17.2 Å². The second-order valence-corrected chi connectivity index (χ2v) is 6.87. The highest BCUT2D eigenvalue weighted by atomic mass is 16.5. The molecule has 0 radical (unpaired) electrons. The second kappa shape index (κ2) is 10.3. The minimum Gasteiger partial charge on any atom is -0.497 e. The molecule has 1 amide bonds. The molecule has 156 valence electrons. The van der Waals surface area contributed by atoms with Crippen LogP contribution in [0.3, 0.4) is 0 Å². The monoisotopic (exact) mass is 405 g/mol. The number of rotatable bonds is 9. The lowest BCUT2D eigenvalue weighted by molar-refractivity contribution is 0.0744. The predicted octanol–water partition coefficient (Wildman–Crippen LogP) is 4.60. The van der Waals surface area contributed by atoms with Crippen LogP contribution in [0.2, 0.25) is 0 Å². The van der Waals surface area contributed by atoms with E-state index in [2.05, 4.69) is 0 Å². The van der Waals surface area contributed by atoms with Gasteiger partial charge in [-0.15, -0.1) is 0 Å². The van der Waals surface area contributed by atoms with Crippen molar-refractivity contribution in [2.24, 2.45) is 0 Å². The van der Waals surface area contributed by atoms with Crippen LogP contribution in [-0.2, 0) is 13.0 Å². The van der Waals surface area contributed by atoms with Gasteiger partial charge >= 0.3 is 0 Å². The van der Waals surface area contributed by atoms with E-state index in [0.29, 0.717) is 25.1 Å². The first kappa shape index (κ1) is 21.2. The lowest BCUT2D eigenvalue weighted by atomic mass is 10.1. The van der Waals surface area contributed by atoms with Crippen LogP contribution in [0.15, 0.2) is 72.8 Å². The van der Waals surface area contributed by atoms with Crippen LogP contribution in [0.1, 0.15) is 21.5 Å². The maximum Gasteiger partial charge on any atom is 0.254 e. The van der Waals surface area contributed by atoms with Crippen LogP contribution in [0.4, 0.5) is 0 Å². The van der Waals surface area contributed by atoms with Gasteiger partial charge in [-0.25, -0.2) is 0 Å². The predicted molar refractivity (Wildman–Crippen MR) is 117 cm³/mol. The fourth-order valence-electron chi connectivity index (χ4n) is 3.28. The average molecular weight is 405 g/mol. The number of benzene rings is 3. The number of amides is 1. The number of carbonyl (C=O) groups is 1. The van der Waals surface area contributed by atoms with Gasteiger partial charge in [0.2, 0.25) is 0 Å². The summed E-state index contributed by atoms with van der Waals surface area (Å²) in [6.45, 7) is 1.07. The molecule has 5 nitrogen and oxygen atoms in total. The fourth-order valence-corrected chi connectivity index (χ4v) is 3.28. The van der Waals surface area contributed by atoms with Gasteiger partial charge in [-0.05, 0) is 60.0 Å². The summed E-state index contributed by atoms with van der Waals surface area (Å²) in [4.78, 5) is 15.1. The van der Waals surface area contributed by atoms with E-state index in [1.54, 1.807) is 45.6 Å². The molecule has 5 heteroatoms. The minimum absolute atomic E-state index is 0.0247. The van der Waals surface area contributed by atoms with Gasteiger partial charge < -0.3 is 19.1 Å². The molecule has 0 spiro atoms. The molecule has 0 atom stereocenters. The summed E-state index contributed by atoms with van der Waals surface area (Å²) in [5.74, 6) is 2.32. The summed E-state index contributed by atoms with van der Waals surface area (Å²) >= 11 is 0. The first-order valence-corrected chi connectivity index (χ1v) is 9.82. The van der Waals surface area contributed by atoms with Crippen LogP contribution in [-0.4, -0.2) is 38.7 Å². The van der Waals surface area contributed by atoms with E-state index in [1.807, 2.05) is 53.4 Å². The van der Waals surface area contributed by atoms with Crippen molar-refractivity contribution in [1.82, 2.24) is 4.90 Å². The van der Waals surface area contributed by atoms with Crippen molar-refractivity contribution in [1.29, 1.82) is 0 Å². The number of hydrogen-bond acceptors (Lipinski definition) is 4. The molecule has 3 rings (SSSR count). The van der Waals surface area contributed by atoms with Crippen molar-refractivity contribution in [3.05, 3.63) is 89.5 Å². The third-order valence-corrected chi connectivity index (χ3v) is 5.00. The number of methoxy groups -OCH3 is 3. The summed E-state index contributed by atoms with van der Waals surface area (Å²) < 4.78 is 15.9. The van der Waals surface area contributed by atoms with Crippen LogP contribution >= 0.6 is 0 Å². The Morgan fingerprint density at radius 1 is 0.767 bits per heavy atom. The largest absolute Gasteiger partial charge is 0.497 e. The van der Waals surface area contributed by atoms with Crippen molar-refractivity contribution in [3.63, 3.8) is 0 Å². The van der Waals surface area contributed by atoms with Gasteiger partial charge in [-0.3, -0.25) is 4.79 Å². The van der Waals surface area contributed by atoms with Crippen molar-refractivity contribution in [2.75, 3.05) is 27.9 Å². The highest BCUT2D eigenvalue weighted by Gasteiger charge is 2.17. The third kappa shape index (κ3) is 5.32. The van der Waals surface area contributed by atoms with E-state index in [9.17, 15) is 4.79 Å². The molecule has 0 fully saturated rings. The Bertz CT molecular complexity index is 952. The van der Waals surface area contributed by atoms with Crippen molar-refractivity contribution < 1.29 is 19.0 Å². The van der Waals surface area contributed by atoms with Gasteiger partial charge in [-0.1, -0.05) is 30.3 Å². The highest BCUT2D eigenvalue weighted by molar-refractivity contribution is 5.94. The molecule has 0 aromatic heterocycles. The maximum atomic E-state index is 13.3. The lowest BCUT2D eigenvalue weighted by Gasteiger charge is -2.24. The molecule has 0 N–H and O–H groups in total. The number of hydrogen-bond donors (Lipinski definition) is 0. The summed E-state index contributed by atoms with van der Waals surface area (Å²) in [7, 11) is 4.91. The van der Waals surface area contributed by atoms with E-state index in [-0.39, 0.29) is 5.91 Å². The quantitative estimate of drug-likeness (QED) is 0.522. The standard InChI is InChI=1S/C25H27NO4/c1-28-22-12-8-19(9-13-22)18-26(17-16-20-6-4-5-7-24(20)30-3)25(27)21-10-14-23(29-2)15-11-21/h4-15H,16-18H2,1-3H3. The van der Waals surface area contributed by atoms with Crippen molar-refractivity contribution >= 4 is 5.91 Å². The van der Waals surface area contributed by atoms with E-state index in [4.69, 9.17) is 14.2 Å². The number of ether oxygens (including phenoxy) is 3. The summed E-state index contributed by atoms with van der Waals surface area (Å²) in [6, 6.07) is 22.9. The Labute approximate surface area is 177 Å². The smallest absolute Gasteiger partial charge is 0.254 e. The minimum atomic E-state index is -0.0247. The highest BCUT2D eigenvalue weighted by Crippen LogP contribution is 2.21. The topological polar surface area (TPSA) is 48.0 Å².